The van der Waals surface area contributed by atoms with Crippen LogP contribution in [0.15, 0.2) is 42.5 Å². The summed E-state index contributed by atoms with van der Waals surface area (Å²) >= 11 is 0. The van der Waals surface area contributed by atoms with Crippen LogP contribution in [0, 0.1) is 0 Å². The number of carbonyl (C=O) groups is 1. The van der Waals surface area contributed by atoms with Crippen LogP contribution >= 0.6 is 0 Å². The zero-order valence-corrected chi connectivity index (χ0v) is 17.0. The zero-order valence-electron chi connectivity index (χ0n) is 17.0. The van der Waals surface area contributed by atoms with E-state index < -0.39 is 0 Å². The van der Waals surface area contributed by atoms with Gasteiger partial charge in [-0.2, -0.15) is 0 Å². The minimum atomic E-state index is -0.281. The van der Waals surface area contributed by atoms with Gasteiger partial charge in [0.1, 0.15) is 6.61 Å². The smallest absolute Gasteiger partial charge is 0.319 e. The Morgan fingerprint density at radius 1 is 0.964 bits per heavy atom. The van der Waals surface area contributed by atoms with E-state index in [-0.39, 0.29) is 6.03 Å². The van der Waals surface area contributed by atoms with Gasteiger partial charge in [-0.05, 0) is 50.2 Å². The van der Waals surface area contributed by atoms with E-state index in [4.69, 9.17) is 14.2 Å². The van der Waals surface area contributed by atoms with Crippen molar-refractivity contribution in [3.63, 3.8) is 0 Å². The molecule has 0 saturated carbocycles. The van der Waals surface area contributed by atoms with Crippen LogP contribution in [0.2, 0.25) is 0 Å². The number of carbonyl (C=O) groups excluding carboxylic acids is 1. The molecule has 0 fully saturated rings. The Labute approximate surface area is 166 Å². The van der Waals surface area contributed by atoms with Crippen molar-refractivity contribution in [2.45, 2.75) is 13.8 Å². The molecule has 28 heavy (non-hydrogen) atoms. The van der Waals surface area contributed by atoms with Gasteiger partial charge in [0.05, 0.1) is 20.8 Å². The fraction of sp³-hybridized carbons (Fsp3) is 0.381. The maximum atomic E-state index is 12.0. The first-order valence-electron chi connectivity index (χ1n) is 9.36. The van der Waals surface area contributed by atoms with Gasteiger partial charge in [-0.25, -0.2) is 4.79 Å². The van der Waals surface area contributed by atoms with Crippen LogP contribution in [-0.4, -0.2) is 46.5 Å². The van der Waals surface area contributed by atoms with Crippen LogP contribution < -0.4 is 29.7 Å². The first-order valence-corrected chi connectivity index (χ1v) is 9.36. The highest BCUT2D eigenvalue weighted by Gasteiger charge is 2.10. The normalized spacial score (nSPS) is 10.1. The summed E-state index contributed by atoms with van der Waals surface area (Å²) in [4.78, 5) is 14.3. The van der Waals surface area contributed by atoms with E-state index in [2.05, 4.69) is 29.4 Å². The lowest BCUT2D eigenvalue weighted by atomic mass is 10.2. The predicted octanol–water partition coefficient (Wildman–Crippen LogP) is 3.75. The molecule has 152 valence electrons. The van der Waals surface area contributed by atoms with Gasteiger partial charge >= 0.3 is 6.03 Å². The molecule has 2 aromatic rings. The number of ether oxygens (including phenoxy) is 3. The average molecular weight is 387 g/mol. The van der Waals surface area contributed by atoms with Crippen molar-refractivity contribution in [1.82, 2.24) is 5.32 Å². The second-order valence-electron chi connectivity index (χ2n) is 5.94. The quantitative estimate of drug-likeness (QED) is 0.608. The molecule has 0 radical (unpaired) electrons. The summed E-state index contributed by atoms with van der Waals surface area (Å²) in [5.41, 5.74) is 1.88. The third kappa shape index (κ3) is 5.70. The highest BCUT2D eigenvalue weighted by molar-refractivity contribution is 5.89. The minimum absolute atomic E-state index is 0.281. The molecule has 2 rings (SSSR count). The van der Waals surface area contributed by atoms with Gasteiger partial charge in [0.2, 0.25) is 5.75 Å². The van der Waals surface area contributed by atoms with E-state index >= 15 is 0 Å². The second-order valence-corrected chi connectivity index (χ2v) is 5.94. The van der Waals surface area contributed by atoms with E-state index in [0.717, 1.165) is 24.5 Å². The lowest BCUT2D eigenvalue weighted by Gasteiger charge is -2.21. The molecule has 0 spiro atoms. The Hall–Kier alpha value is -3.09. The van der Waals surface area contributed by atoms with Gasteiger partial charge in [0, 0.05) is 24.5 Å². The van der Waals surface area contributed by atoms with Gasteiger partial charge in [-0.1, -0.05) is 6.07 Å². The van der Waals surface area contributed by atoms with Crippen molar-refractivity contribution >= 4 is 17.4 Å². The lowest BCUT2D eigenvalue weighted by molar-refractivity contribution is 0.245. The summed E-state index contributed by atoms with van der Waals surface area (Å²) in [7, 11) is 3.13. The van der Waals surface area contributed by atoms with Crippen molar-refractivity contribution in [1.29, 1.82) is 0 Å². The predicted molar refractivity (Wildman–Crippen MR) is 112 cm³/mol. The fourth-order valence-corrected chi connectivity index (χ4v) is 2.82. The number of anilines is 2. The molecule has 0 atom stereocenters. The fourth-order valence-electron chi connectivity index (χ4n) is 2.82. The van der Waals surface area contributed by atoms with Gasteiger partial charge in [0.15, 0.2) is 11.5 Å². The third-order valence-electron chi connectivity index (χ3n) is 4.27. The first kappa shape index (κ1) is 21.2. The number of methoxy groups -OCH3 is 2. The molecule has 0 aliphatic carbocycles. The van der Waals surface area contributed by atoms with Gasteiger partial charge < -0.3 is 29.7 Å². The molecule has 0 bridgehead atoms. The molecule has 2 aromatic carbocycles. The number of rotatable bonds is 10. The van der Waals surface area contributed by atoms with Crippen molar-refractivity contribution in [2.24, 2.45) is 0 Å². The van der Waals surface area contributed by atoms with Crippen LogP contribution in [-0.2, 0) is 0 Å². The third-order valence-corrected chi connectivity index (χ3v) is 4.27. The molecule has 7 heteroatoms. The summed E-state index contributed by atoms with van der Waals surface area (Å²) in [6.07, 6.45) is 0. The number of nitrogens with one attached hydrogen (secondary N) is 2. The summed E-state index contributed by atoms with van der Waals surface area (Å²) in [6, 6.07) is 12.9. The van der Waals surface area contributed by atoms with E-state index in [1.165, 1.54) is 0 Å². The Morgan fingerprint density at radius 2 is 1.64 bits per heavy atom. The highest BCUT2D eigenvalue weighted by atomic mass is 16.5. The zero-order chi connectivity index (χ0) is 20.4. The van der Waals surface area contributed by atoms with Crippen LogP contribution in [0.5, 0.6) is 17.2 Å². The van der Waals surface area contributed by atoms with Crippen molar-refractivity contribution in [3.8, 4) is 17.2 Å². The minimum Gasteiger partial charge on any atom is -0.493 e. The van der Waals surface area contributed by atoms with E-state index in [1.807, 2.05) is 30.3 Å². The molecule has 2 N–H and O–H groups in total. The summed E-state index contributed by atoms with van der Waals surface area (Å²) in [5, 5.41) is 5.58. The Balaban J connectivity index is 1.79. The van der Waals surface area contributed by atoms with Crippen molar-refractivity contribution in [2.75, 3.05) is 50.7 Å². The molecule has 2 amide bonds. The topological polar surface area (TPSA) is 72.1 Å². The van der Waals surface area contributed by atoms with Crippen LogP contribution in [0.1, 0.15) is 13.8 Å². The van der Waals surface area contributed by atoms with Gasteiger partial charge in [0.25, 0.3) is 0 Å². The number of para-hydroxylation sites is 1. The molecular formula is C21H29N3O4. The van der Waals surface area contributed by atoms with Crippen LogP contribution in [0.3, 0.4) is 0 Å². The molecule has 0 aromatic heterocycles. The maximum absolute atomic E-state index is 12.0. The summed E-state index contributed by atoms with van der Waals surface area (Å²) in [5.74, 6) is 1.69. The second kappa shape index (κ2) is 10.9. The maximum Gasteiger partial charge on any atom is 0.319 e. The Morgan fingerprint density at radius 3 is 2.25 bits per heavy atom. The standard InChI is InChI=1S/C21H29N3O4/c1-5-24(6-2)17-12-10-16(11-13-17)23-21(25)22-14-15-28-19-9-7-8-18(26-3)20(19)27-4/h7-13H,5-6,14-15H2,1-4H3,(H2,22,23,25). The van der Waals surface area contributed by atoms with E-state index in [0.29, 0.717) is 30.4 Å². The molecule has 0 aliphatic heterocycles. The lowest BCUT2D eigenvalue weighted by Crippen LogP contribution is -2.32. The van der Waals surface area contributed by atoms with Crippen LogP contribution in [0.4, 0.5) is 16.2 Å². The number of nitrogens with zero attached hydrogens (tertiary/aromatic N) is 1. The largest absolute Gasteiger partial charge is 0.493 e. The average Bonchev–Trinajstić information content (AvgIpc) is 2.73. The molecule has 0 heterocycles. The van der Waals surface area contributed by atoms with E-state index in [9.17, 15) is 4.79 Å². The highest BCUT2D eigenvalue weighted by Crippen LogP contribution is 2.36. The van der Waals surface area contributed by atoms with Crippen LogP contribution in [0.25, 0.3) is 0 Å². The monoisotopic (exact) mass is 387 g/mol. The number of urea groups is 1. The molecule has 7 nitrogen and oxygen atoms in total. The van der Waals surface area contributed by atoms with E-state index in [1.54, 1.807) is 26.4 Å². The van der Waals surface area contributed by atoms with Gasteiger partial charge in [-0.3, -0.25) is 0 Å². The molecule has 0 aliphatic rings. The first-order chi connectivity index (χ1) is 13.6. The molecular weight excluding hydrogens is 358 g/mol. The Kier molecular flexibility index (Phi) is 8.27. The summed E-state index contributed by atoms with van der Waals surface area (Å²) in [6.45, 7) is 6.78. The number of benzene rings is 2. The molecule has 0 saturated heterocycles. The SMILES string of the molecule is CCN(CC)c1ccc(NC(=O)NCCOc2cccc(OC)c2OC)cc1. The van der Waals surface area contributed by atoms with Gasteiger partial charge in [-0.15, -0.1) is 0 Å². The summed E-state index contributed by atoms with van der Waals surface area (Å²) < 4.78 is 16.2. The van der Waals surface area contributed by atoms with Crippen molar-refractivity contribution < 1.29 is 19.0 Å². The number of hydrogen-bond donors (Lipinski definition) is 2. The number of amides is 2. The molecule has 0 unspecified atom stereocenters. The number of hydrogen-bond acceptors (Lipinski definition) is 5. The Bertz CT molecular complexity index is 746. The van der Waals surface area contributed by atoms with Crippen molar-refractivity contribution in [3.05, 3.63) is 42.5 Å².